The molecule has 0 radical (unpaired) electrons. The third-order valence-corrected chi connectivity index (χ3v) is 3.04. The van der Waals surface area contributed by atoms with E-state index in [0.29, 0.717) is 17.3 Å². The van der Waals surface area contributed by atoms with Gasteiger partial charge in [0.25, 0.3) is 0 Å². The number of aliphatic hydroxyl groups is 1. The van der Waals surface area contributed by atoms with Crippen molar-refractivity contribution in [1.29, 1.82) is 0 Å². The van der Waals surface area contributed by atoms with Gasteiger partial charge < -0.3 is 10.2 Å². The largest absolute Gasteiger partial charge is 0.508 e. The minimum absolute atomic E-state index is 0.108. The van der Waals surface area contributed by atoms with Gasteiger partial charge in [-0.2, -0.15) is 0 Å². The number of aromatic hydroxyl groups is 1. The van der Waals surface area contributed by atoms with Gasteiger partial charge in [0.15, 0.2) is 0 Å². The Morgan fingerprint density at radius 2 is 2.07 bits per heavy atom. The Bertz CT molecular complexity index is 325. The number of hydrogen-bond acceptors (Lipinski definition) is 2. The quantitative estimate of drug-likeness (QED) is 0.642. The van der Waals surface area contributed by atoms with Crippen LogP contribution in [-0.4, -0.2) is 15.5 Å². The summed E-state index contributed by atoms with van der Waals surface area (Å²) in [5, 5.41) is 20.1. The van der Waals surface area contributed by atoms with E-state index in [4.69, 9.17) is 0 Å². The molecule has 1 aromatic carbocycles. The zero-order valence-electron chi connectivity index (χ0n) is 7.78. The second-order valence-corrected chi connectivity index (χ2v) is 3.74. The molecule has 14 heavy (non-hydrogen) atoms. The molecule has 0 aliphatic carbocycles. The van der Waals surface area contributed by atoms with Crippen molar-refractivity contribution in [3.8, 4) is 5.75 Å². The first-order valence-electron chi connectivity index (χ1n) is 4.32. The Morgan fingerprint density at radius 3 is 2.57 bits per heavy atom. The van der Waals surface area contributed by atoms with Crippen molar-refractivity contribution in [2.45, 2.75) is 12.0 Å². The molecule has 1 unspecified atom stereocenters. The van der Waals surface area contributed by atoms with Crippen molar-refractivity contribution in [1.82, 2.24) is 0 Å². The molecule has 0 aromatic heterocycles. The van der Waals surface area contributed by atoms with Gasteiger partial charge in [-0.15, -0.1) is 6.58 Å². The Balaban J connectivity index is 3.11. The summed E-state index contributed by atoms with van der Waals surface area (Å²) in [6, 6.07) is 6.78. The maximum atomic E-state index is 10.2. The summed E-state index contributed by atoms with van der Waals surface area (Å²) in [5.41, 5.74) is -0.552. The van der Waals surface area contributed by atoms with Gasteiger partial charge >= 0.3 is 0 Å². The molecular formula is C11H13BrO2. The fourth-order valence-electron chi connectivity index (χ4n) is 1.34. The summed E-state index contributed by atoms with van der Waals surface area (Å²) in [7, 11) is 0. The fraction of sp³-hybridized carbons (Fsp3) is 0.273. The van der Waals surface area contributed by atoms with Crippen molar-refractivity contribution in [3.05, 3.63) is 42.5 Å². The third-order valence-electron chi connectivity index (χ3n) is 2.11. The molecule has 0 amide bonds. The van der Waals surface area contributed by atoms with Gasteiger partial charge in [-0.25, -0.2) is 0 Å². The van der Waals surface area contributed by atoms with E-state index in [2.05, 4.69) is 22.5 Å². The number of rotatable bonds is 4. The Morgan fingerprint density at radius 1 is 1.43 bits per heavy atom. The molecule has 1 rings (SSSR count). The minimum Gasteiger partial charge on any atom is -0.508 e. The van der Waals surface area contributed by atoms with Gasteiger partial charge in [-0.05, 0) is 12.5 Å². The molecule has 0 saturated heterocycles. The summed E-state index contributed by atoms with van der Waals surface area (Å²) in [6.45, 7) is 3.59. The van der Waals surface area contributed by atoms with Gasteiger partial charge in [-0.3, -0.25) is 0 Å². The van der Waals surface area contributed by atoms with Crippen LogP contribution in [0.15, 0.2) is 36.9 Å². The zero-order chi connectivity index (χ0) is 10.6. The van der Waals surface area contributed by atoms with Crippen LogP contribution >= 0.6 is 15.9 Å². The zero-order valence-corrected chi connectivity index (χ0v) is 9.37. The standard InChI is InChI=1S/C11H13BrO2/c1-2-7-11(14,8-12)9-5-3-4-6-10(9)13/h2-6,13-14H,1,7-8H2. The molecule has 76 valence electrons. The summed E-state index contributed by atoms with van der Waals surface area (Å²) in [4.78, 5) is 0. The predicted octanol–water partition coefficient (Wildman–Crippen LogP) is 2.55. The lowest BCUT2D eigenvalue weighted by Crippen LogP contribution is -2.26. The molecule has 0 aliphatic heterocycles. The van der Waals surface area contributed by atoms with Crippen LogP contribution in [0.25, 0.3) is 0 Å². The van der Waals surface area contributed by atoms with Gasteiger partial charge in [0.1, 0.15) is 11.4 Å². The maximum Gasteiger partial charge on any atom is 0.121 e. The van der Waals surface area contributed by atoms with E-state index < -0.39 is 5.60 Å². The van der Waals surface area contributed by atoms with E-state index in [1.807, 2.05) is 0 Å². The molecule has 0 aliphatic rings. The number of alkyl halides is 1. The summed E-state index contributed by atoms with van der Waals surface area (Å²) >= 11 is 3.23. The second-order valence-electron chi connectivity index (χ2n) is 3.18. The van der Waals surface area contributed by atoms with Crippen LogP contribution in [-0.2, 0) is 5.60 Å². The highest BCUT2D eigenvalue weighted by atomic mass is 79.9. The van der Waals surface area contributed by atoms with Crippen LogP contribution in [0.4, 0.5) is 0 Å². The number of halogens is 1. The van der Waals surface area contributed by atoms with Crippen LogP contribution in [0.1, 0.15) is 12.0 Å². The molecule has 3 heteroatoms. The molecule has 0 fully saturated rings. The Kier molecular flexibility index (Phi) is 3.72. The van der Waals surface area contributed by atoms with Crippen molar-refractivity contribution in [2.24, 2.45) is 0 Å². The number of phenolic OH excluding ortho intramolecular Hbond substituents is 1. The normalized spacial score (nSPS) is 14.7. The van der Waals surface area contributed by atoms with Gasteiger partial charge in [0, 0.05) is 10.9 Å². The summed E-state index contributed by atoms with van der Waals surface area (Å²) in [6.07, 6.45) is 2.03. The fourth-order valence-corrected chi connectivity index (χ4v) is 1.87. The first-order valence-corrected chi connectivity index (χ1v) is 5.44. The molecule has 0 heterocycles. The lowest BCUT2D eigenvalue weighted by molar-refractivity contribution is 0.0647. The van der Waals surface area contributed by atoms with E-state index in [1.54, 1.807) is 30.3 Å². The van der Waals surface area contributed by atoms with Crippen LogP contribution in [0.2, 0.25) is 0 Å². The molecule has 0 saturated carbocycles. The second kappa shape index (κ2) is 4.62. The molecule has 2 N–H and O–H groups in total. The Labute approximate surface area is 92.0 Å². The first-order chi connectivity index (χ1) is 6.64. The van der Waals surface area contributed by atoms with E-state index in [9.17, 15) is 10.2 Å². The average Bonchev–Trinajstić information content (AvgIpc) is 2.18. The molecule has 1 aromatic rings. The average molecular weight is 257 g/mol. The summed E-state index contributed by atoms with van der Waals surface area (Å²) < 4.78 is 0. The van der Waals surface area contributed by atoms with Crippen molar-refractivity contribution in [3.63, 3.8) is 0 Å². The molecule has 1 atom stereocenters. The van der Waals surface area contributed by atoms with E-state index in [0.717, 1.165) is 0 Å². The minimum atomic E-state index is -1.08. The monoisotopic (exact) mass is 256 g/mol. The van der Waals surface area contributed by atoms with Crippen molar-refractivity contribution in [2.75, 3.05) is 5.33 Å². The highest BCUT2D eigenvalue weighted by Gasteiger charge is 2.28. The van der Waals surface area contributed by atoms with E-state index >= 15 is 0 Å². The van der Waals surface area contributed by atoms with Crippen LogP contribution < -0.4 is 0 Å². The number of para-hydroxylation sites is 1. The van der Waals surface area contributed by atoms with Crippen LogP contribution in [0.5, 0.6) is 5.75 Å². The Hall–Kier alpha value is -0.800. The topological polar surface area (TPSA) is 40.5 Å². The highest BCUT2D eigenvalue weighted by molar-refractivity contribution is 9.09. The molecule has 2 nitrogen and oxygen atoms in total. The highest BCUT2D eigenvalue weighted by Crippen LogP contribution is 2.33. The van der Waals surface area contributed by atoms with Gasteiger partial charge in [0.05, 0.1) is 0 Å². The van der Waals surface area contributed by atoms with Crippen molar-refractivity contribution < 1.29 is 10.2 Å². The molecule has 0 bridgehead atoms. The smallest absolute Gasteiger partial charge is 0.121 e. The number of phenols is 1. The summed E-state index contributed by atoms with van der Waals surface area (Å²) in [5.74, 6) is 0.108. The predicted molar refractivity (Wildman–Crippen MR) is 60.6 cm³/mol. The van der Waals surface area contributed by atoms with E-state index in [1.165, 1.54) is 0 Å². The lowest BCUT2D eigenvalue weighted by atomic mass is 9.92. The maximum absolute atomic E-state index is 10.2. The molecular weight excluding hydrogens is 244 g/mol. The number of hydrogen-bond donors (Lipinski definition) is 2. The van der Waals surface area contributed by atoms with Crippen LogP contribution in [0, 0.1) is 0 Å². The first kappa shape index (κ1) is 11.3. The van der Waals surface area contributed by atoms with Gasteiger partial charge in [-0.1, -0.05) is 40.2 Å². The van der Waals surface area contributed by atoms with E-state index in [-0.39, 0.29) is 5.75 Å². The lowest BCUT2D eigenvalue weighted by Gasteiger charge is -2.25. The van der Waals surface area contributed by atoms with Gasteiger partial charge in [0.2, 0.25) is 0 Å². The van der Waals surface area contributed by atoms with Crippen LogP contribution in [0.3, 0.4) is 0 Å². The molecule has 0 spiro atoms. The third kappa shape index (κ3) is 2.16. The number of benzene rings is 1. The van der Waals surface area contributed by atoms with Crippen molar-refractivity contribution >= 4 is 15.9 Å². The SMILES string of the molecule is C=CCC(O)(CBr)c1ccccc1O.